The first-order valence-electron chi connectivity index (χ1n) is 8.41. The average Bonchev–Trinajstić information content (AvgIpc) is 3.34. The Labute approximate surface area is 127 Å². The van der Waals surface area contributed by atoms with Crippen LogP contribution in [-0.4, -0.2) is 29.7 Å². The van der Waals surface area contributed by atoms with E-state index in [0.717, 1.165) is 50.0 Å². The Balaban J connectivity index is 1.63. The Morgan fingerprint density at radius 1 is 1.38 bits per heavy atom. The highest BCUT2D eigenvalue weighted by molar-refractivity contribution is 5.22. The molecule has 0 bridgehead atoms. The van der Waals surface area contributed by atoms with Crippen LogP contribution in [0.1, 0.15) is 62.2 Å². The van der Waals surface area contributed by atoms with Gasteiger partial charge < -0.3 is 10.1 Å². The zero-order valence-electron chi connectivity index (χ0n) is 13.3. The van der Waals surface area contributed by atoms with Gasteiger partial charge in [-0.1, -0.05) is 13.3 Å². The van der Waals surface area contributed by atoms with Crippen LogP contribution in [0.2, 0.25) is 0 Å². The van der Waals surface area contributed by atoms with Gasteiger partial charge in [-0.3, -0.25) is 0 Å². The number of aromatic nitrogens is 2. The maximum atomic E-state index is 5.53. The minimum Gasteiger partial charge on any atom is -0.373 e. The summed E-state index contributed by atoms with van der Waals surface area (Å²) in [6.45, 7) is 3.32. The fraction of sp³-hybridized carbons (Fsp3) is 0.765. The second kappa shape index (κ2) is 6.84. The highest BCUT2D eigenvalue weighted by Gasteiger charge is 2.25. The van der Waals surface area contributed by atoms with Crippen molar-refractivity contribution in [2.24, 2.45) is 5.92 Å². The first-order valence-corrected chi connectivity index (χ1v) is 8.41. The number of hydrogen-bond acceptors (Lipinski definition) is 4. The van der Waals surface area contributed by atoms with Crippen LogP contribution in [0.5, 0.6) is 0 Å². The summed E-state index contributed by atoms with van der Waals surface area (Å²) in [5.41, 5.74) is 2.60. The Hall–Kier alpha value is -1.00. The number of ether oxygens (including phenoxy) is 1. The Morgan fingerprint density at radius 3 is 2.95 bits per heavy atom. The molecule has 2 aliphatic rings. The molecule has 0 aliphatic heterocycles. The molecule has 1 fully saturated rings. The van der Waals surface area contributed by atoms with E-state index < -0.39 is 0 Å². The van der Waals surface area contributed by atoms with E-state index in [-0.39, 0.29) is 6.10 Å². The molecule has 0 saturated heterocycles. The minimum atomic E-state index is 0.0505. The van der Waals surface area contributed by atoms with E-state index in [2.05, 4.69) is 17.2 Å². The van der Waals surface area contributed by atoms with Crippen LogP contribution < -0.4 is 5.32 Å². The topological polar surface area (TPSA) is 47.0 Å². The van der Waals surface area contributed by atoms with Gasteiger partial charge in [-0.2, -0.15) is 0 Å². The normalized spacial score (nSPS) is 22.9. The smallest absolute Gasteiger partial charge is 0.157 e. The van der Waals surface area contributed by atoms with Gasteiger partial charge in [0.05, 0.1) is 0 Å². The van der Waals surface area contributed by atoms with Gasteiger partial charge in [0.15, 0.2) is 5.82 Å². The van der Waals surface area contributed by atoms with Gasteiger partial charge in [0.2, 0.25) is 0 Å². The minimum absolute atomic E-state index is 0.0505. The predicted molar refractivity (Wildman–Crippen MR) is 83.2 cm³/mol. The third-order valence-corrected chi connectivity index (χ3v) is 4.67. The first-order chi connectivity index (χ1) is 10.3. The molecule has 2 aliphatic carbocycles. The van der Waals surface area contributed by atoms with Crippen molar-refractivity contribution < 1.29 is 4.74 Å². The number of nitrogens with one attached hydrogen (secondary N) is 1. The fourth-order valence-corrected chi connectivity index (χ4v) is 3.16. The number of nitrogens with zero attached hydrogens (tertiary/aromatic N) is 2. The molecule has 4 heteroatoms. The van der Waals surface area contributed by atoms with Gasteiger partial charge in [-0.15, -0.1) is 0 Å². The highest BCUT2D eigenvalue weighted by atomic mass is 16.5. The number of hydrogen-bond donors (Lipinski definition) is 1. The maximum Gasteiger partial charge on any atom is 0.157 e. The van der Waals surface area contributed by atoms with E-state index in [1.807, 2.05) is 6.20 Å². The molecule has 1 saturated carbocycles. The van der Waals surface area contributed by atoms with E-state index in [1.54, 1.807) is 7.11 Å². The maximum absolute atomic E-state index is 5.53. The van der Waals surface area contributed by atoms with Crippen molar-refractivity contribution in [1.82, 2.24) is 15.3 Å². The van der Waals surface area contributed by atoms with Crippen LogP contribution in [-0.2, 0) is 17.6 Å². The lowest BCUT2D eigenvalue weighted by Crippen LogP contribution is -2.29. The standard InChI is InChI=1S/C17H27N3O/c1-3-4-16(21-2)17-19-11-13-9-12(5-8-15(13)20-17)10-18-14-6-7-14/h11-12,14,16,18H,3-10H2,1-2H3. The lowest BCUT2D eigenvalue weighted by molar-refractivity contribution is 0.0872. The molecule has 3 rings (SSSR count). The van der Waals surface area contributed by atoms with Crippen molar-refractivity contribution in [3.05, 3.63) is 23.3 Å². The van der Waals surface area contributed by atoms with Gasteiger partial charge >= 0.3 is 0 Å². The molecule has 0 amide bonds. The molecule has 1 heterocycles. The van der Waals surface area contributed by atoms with Crippen molar-refractivity contribution in [3.8, 4) is 0 Å². The molecule has 116 valence electrons. The lowest BCUT2D eigenvalue weighted by atomic mass is 9.87. The highest BCUT2D eigenvalue weighted by Crippen LogP contribution is 2.27. The van der Waals surface area contributed by atoms with Gasteiger partial charge in [0.1, 0.15) is 6.10 Å². The van der Waals surface area contributed by atoms with Crippen LogP contribution in [0, 0.1) is 5.92 Å². The van der Waals surface area contributed by atoms with E-state index in [0.29, 0.717) is 0 Å². The van der Waals surface area contributed by atoms with Crippen molar-refractivity contribution in [3.63, 3.8) is 0 Å². The molecule has 0 aromatic carbocycles. The molecule has 1 aromatic rings. The molecule has 0 radical (unpaired) electrons. The molecule has 2 atom stereocenters. The summed E-state index contributed by atoms with van der Waals surface area (Å²) in [6.07, 6.45) is 10.4. The van der Waals surface area contributed by atoms with E-state index in [1.165, 1.54) is 30.5 Å². The number of fused-ring (bicyclic) bond motifs is 1. The summed E-state index contributed by atoms with van der Waals surface area (Å²) < 4.78 is 5.53. The molecular weight excluding hydrogens is 262 g/mol. The van der Waals surface area contributed by atoms with Crippen LogP contribution in [0.25, 0.3) is 0 Å². The Kier molecular flexibility index (Phi) is 4.86. The van der Waals surface area contributed by atoms with Crippen molar-refractivity contribution in [1.29, 1.82) is 0 Å². The summed E-state index contributed by atoms with van der Waals surface area (Å²) in [5.74, 6) is 1.62. The summed E-state index contributed by atoms with van der Waals surface area (Å²) in [4.78, 5) is 9.36. The molecule has 2 unspecified atom stereocenters. The number of aryl methyl sites for hydroxylation is 1. The van der Waals surface area contributed by atoms with Crippen LogP contribution >= 0.6 is 0 Å². The lowest BCUT2D eigenvalue weighted by Gasteiger charge is -2.25. The van der Waals surface area contributed by atoms with Gasteiger partial charge in [0, 0.05) is 25.0 Å². The second-order valence-electron chi connectivity index (χ2n) is 6.50. The molecule has 21 heavy (non-hydrogen) atoms. The van der Waals surface area contributed by atoms with Crippen molar-refractivity contribution in [2.75, 3.05) is 13.7 Å². The van der Waals surface area contributed by atoms with Crippen LogP contribution in [0.15, 0.2) is 6.20 Å². The Bertz CT molecular complexity index is 473. The number of methoxy groups -OCH3 is 1. The molecule has 4 nitrogen and oxygen atoms in total. The second-order valence-corrected chi connectivity index (χ2v) is 6.50. The molecule has 1 N–H and O–H groups in total. The Morgan fingerprint density at radius 2 is 2.24 bits per heavy atom. The monoisotopic (exact) mass is 289 g/mol. The molecular formula is C17H27N3O. The zero-order chi connectivity index (χ0) is 14.7. The van der Waals surface area contributed by atoms with E-state index in [4.69, 9.17) is 9.72 Å². The molecule has 1 aromatic heterocycles. The average molecular weight is 289 g/mol. The van der Waals surface area contributed by atoms with Crippen molar-refractivity contribution in [2.45, 2.75) is 64.0 Å². The van der Waals surface area contributed by atoms with Gasteiger partial charge in [0.25, 0.3) is 0 Å². The summed E-state index contributed by atoms with van der Waals surface area (Å²) in [6, 6.07) is 0.807. The van der Waals surface area contributed by atoms with Crippen molar-refractivity contribution >= 4 is 0 Å². The third-order valence-electron chi connectivity index (χ3n) is 4.67. The van der Waals surface area contributed by atoms with Crippen LogP contribution in [0.4, 0.5) is 0 Å². The van der Waals surface area contributed by atoms with Crippen LogP contribution in [0.3, 0.4) is 0 Å². The quantitative estimate of drug-likeness (QED) is 0.838. The predicted octanol–water partition coefficient (Wildman–Crippen LogP) is 2.82. The fourth-order valence-electron chi connectivity index (χ4n) is 3.16. The summed E-state index contributed by atoms with van der Waals surface area (Å²) in [5, 5.41) is 3.65. The largest absolute Gasteiger partial charge is 0.373 e. The van der Waals surface area contributed by atoms with Gasteiger partial charge in [-0.05, 0) is 56.6 Å². The van der Waals surface area contributed by atoms with E-state index >= 15 is 0 Å². The number of rotatable bonds is 7. The molecule has 0 spiro atoms. The van der Waals surface area contributed by atoms with E-state index in [9.17, 15) is 0 Å². The first kappa shape index (κ1) is 14.9. The van der Waals surface area contributed by atoms with Gasteiger partial charge in [-0.25, -0.2) is 9.97 Å². The zero-order valence-corrected chi connectivity index (χ0v) is 13.3. The SMILES string of the molecule is CCCC(OC)c1ncc2c(n1)CCC(CNC1CC1)C2. The summed E-state index contributed by atoms with van der Waals surface area (Å²) >= 11 is 0. The third kappa shape index (κ3) is 3.80. The summed E-state index contributed by atoms with van der Waals surface area (Å²) in [7, 11) is 1.75.